The van der Waals surface area contributed by atoms with Crippen LogP contribution in [0.3, 0.4) is 0 Å². The Bertz CT molecular complexity index is 905. The number of amides is 2. The first kappa shape index (κ1) is 25.3. The molecule has 2 aromatic rings. The predicted octanol–water partition coefficient (Wildman–Crippen LogP) is 5.61. The minimum Gasteiger partial charge on any atom is -0.482 e. The maximum absolute atomic E-state index is 13.2. The Morgan fingerprint density at radius 3 is 2.39 bits per heavy atom. The second kappa shape index (κ2) is 12.2. The van der Waals surface area contributed by atoms with Crippen LogP contribution in [0.25, 0.3) is 0 Å². The number of para-hydroxylation sites is 1. The van der Waals surface area contributed by atoms with Crippen molar-refractivity contribution < 1.29 is 14.3 Å². The summed E-state index contributed by atoms with van der Waals surface area (Å²) in [7, 11) is 0. The molecule has 0 saturated carbocycles. The topological polar surface area (TPSA) is 58.6 Å². The van der Waals surface area contributed by atoms with Crippen molar-refractivity contribution in [1.82, 2.24) is 10.2 Å². The van der Waals surface area contributed by atoms with Crippen molar-refractivity contribution in [2.45, 2.75) is 39.8 Å². The van der Waals surface area contributed by atoms with E-state index in [1.807, 2.05) is 20.8 Å². The van der Waals surface area contributed by atoms with Crippen LogP contribution in [0.1, 0.15) is 32.8 Å². The van der Waals surface area contributed by atoms with E-state index >= 15 is 0 Å². The zero-order valence-corrected chi connectivity index (χ0v) is 20.1. The third-order valence-corrected chi connectivity index (χ3v) is 5.51. The average Bonchev–Trinajstić information content (AvgIpc) is 2.72. The molecule has 2 amide bonds. The summed E-state index contributed by atoms with van der Waals surface area (Å²) in [6, 6.07) is 11.3. The van der Waals surface area contributed by atoms with Gasteiger partial charge in [-0.2, -0.15) is 0 Å². The van der Waals surface area contributed by atoms with Gasteiger partial charge in [-0.3, -0.25) is 9.59 Å². The van der Waals surface area contributed by atoms with E-state index in [1.165, 1.54) is 4.90 Å². The van der Waals surface area contributed by atoms with Crippen LogP contribution in [-0.4, -0.2) is 35.9 Å². The molecule has 0 aliphatic carbocycles. The Morgan fingerprint density at radius 2 is 1.77 bits per heavy atom. The molecule has 0 radical (unpaired) electrons. The van der Waals surface area contributed by atoms with Gasteiger partial charge in [0.2, 0.25) is 5.91 Å². The monoisotopic (exact) mass is 484 g/mol. The first-order valence-electron chi connectivity index (χ1n) is 10.1. The molecule has 168 valence electrons. The van der Waals surface area contributed by atoms with Crippen molar-refractivity contribution in [3.63, 3.8) is 0 Å². The van der Waals surface area contributed by atoms with Crippen molar-refractivity contribution in [2.24, 2.45) is 5.92 Å². The van der Waals surface area contributed by atoms with Crippen molar-refractivity contribution in [1.29, 1.82) is 0 Å². The second-order valence-electron chi connectivity index (χ2n) is 7.54. The van der Waals surface area contributed by atoms with Crippen molar-refractivity contribution in [2.75, 3.05) is 13.2 Å². The standard InChI is InChI=1S/C23H27Cl3N2O3/c1-4-20(23(30)27-12-15(2)3)28(13-16-9-10-17(24)11-19(16)26)22(29)14-31-21-8-6-5-7-18(21)25/h5-11,15,20H,4,12-14H2,1-3H3,(H,27,30)/t20-/m0/s1. The molecule has 0 fully saturated rings. The van der Waals surface area contributed by atoms with E-state index in [-0.39, 0.29) is 25.0 Å². The molecule has 1 N–H and O–H groups in total. The Kier molecular flexibility index (Phi) is 9.94. The van der Waals surface area contributed by atoms with Crippen molar-refractivity contribution in [3.8, 4) is 5.75 Å². The van der Waals surface area contributed by atoms with Crippen LogP contribution in [0.5, 0.6) is 5.75 Å². The summed E-state index contributed by atoms with van der Waals surface area (Å²) >= 11 is 18.4. The van der Waals surface area contributed by atoms with E-state index in [1.54, 1.807) is 42.5 Å². The third-order valence-electron chi connectivity index (χ3n) is 4.61. The number of hydrogen-bond acceptors (Lipinski definition) is 3. The number of benzene rings is 2. The number of carbonyl (C=O) groups is 2. The van der Waals surface area contributed by atoms with Gasteiger partial charge in [0.05, 0.1) is 5.02 Å². The third kappa shape index (κ3) is 7.60. The van der Waals surface area contributed by atoms with E-state index in [0.29, 0.717) is 45.3 Å². The van der Waals surface area contributed by atoms with Gasteiger partial charge in [0.25, 0.3) is 5.91 Å². The van der Waals surface area contributed by atoms with Crippen LogP contribution in [0, 0.1) is 5.92 Å². The highest BCUT2D eigenvalue weighted by Gasteiger charge is 2.29. The fourth-order valence-corrected chi connectivity index (χ4v) is 3.62. The lowest BCUT2D eigenvalue weighted by Crippen LogP contribution is -2.50. The number of ether oxygens (including phenoxy) is 1. The lowest BCUT2D eigenvalue weighted by molar-refractivity contribution is -0.143. The zero-order chi connectivity index (χ0) is 23.0. The molecule has 2 aromatic carbocycles. The van der Waals surface area contributed by atoms with Crippen LogP contribution in [-0.2, 0) is 16.1 Å². The second-order valence-corrected chi connectivity index (χ2v) is 8.79. The van der Waals surface area contributed by atoms with Crippen molar-refractivity contribution >= 4 is 46.6 Å². The van der Waals surface area contributed by atoms with E-state index < -0.39 is 6.04 Å². The summed E-state index contributed by atoms with van der Waals surface area (Å²) in [4.78, 5) is 27.5. The van der Waals surface area contributed by atoms with Gasteiger partial charge < -0.3 is 15.0 Å². The van der Waals surface area contributed by atoms with E-state index in [4.69, 9.17) is 39.5 Å². The zero-order valence-electron chi connectivity index (χ0n) is 17.8. The number of hydrogen-bond donors (Lipinski definition) is 1. The number of nitrogens with one attached hydrogen (secondary N) is 1. The molecule has 0 heterocycles. The largest absolute Gasteiger partial charge is 0.482 e. The Labute approximate surface area is 198 Å². The molecule has 0 aromatic heterocycles. The molecule has 8 heteroatoms. The normalized spacial score (nSPS) is 11.8. The van der Waals surface area contributed by atoms with Crippen LogP contribution in [0.15, 0.2) is 42.5 Å². The molecule has 0 spiro atoms. The summed E-state index contributed by atoms with van der Waals surface area (Å²) in [5.41, 5.74) is 0.687. The number of carbonyl (C=O) groups excluding carboxylic acids is 2. The number of halogens is 3. The predicted molar refractivity (Wildman–Crippen MR) is 126 cm³/mol. The van der Waals surface area contributed by atoms with Crippen molar-refractivity contribution in [3.05, 3.63) is 63.1 Å². The van der Waals surface area contributed by atoms with Crippen LogP contribution >= 0.6 is 34.8 Å². The lowest BCUT2D eigenvalue weighted by atomic mass is 10.1. The number of nitrogens with zero attached hydrogens (tertiary/aromatic N) is 1. The van der Waals surface area contributed by atoms with Crippen LogP contribution in [0.2, 0.25) is 15.1 Å². The first-order valence-corrected chi connectivity index (χ1v) is 11.2. The highest BCUT2D eigenvalue weighted by molar-refractivity contribution is 6.35. The summed E-state index contributed by atoms with van der Waals surface area (Å²) in [5, 5.41) is 4.24. The van der Waals surface area contributed by atoms with Crippen LogP contribution < -0.4 is 10.1 Å². The fourth-order valence-electron chi connectivity index (χ4n) is 2.96. The van der Waals surface area contributed by atoms with Gasteiger partial charge in [-0.05, 0) is 42.2 Å². The van der Waals surface area contributed by atoms with Gasteiger partial charge in [-0.15, -0.1) is 0 Å². The summed E-state index contributed by atoms with van der Waals surface area (Å²) < 4.78 is 5.63. The maximum atomic E-state index is 13.2. The molecule has 0 aliphatic rings. The molecule has 0 bridgehead atoms. The van der Waals surface area contributed by atoms with Gasteiger partial charge in [-0.1, -0.05) is 73.8 Å². The van der Waals surface area contributed by atoms with Crippen LogP contribution in [0.4, 0.5) is 0 Å². The minimum absolute atomic E-state index is 0.147. The van der Waals surface area contributed by atoms with E-state index in [0.717, 1.165) is 0 Å². The average molecular weight is 486 g/mol. The smallest absolute Gasteiger partial charge is 0.261 e. The van der Waals surface area contributed by atoms with Gasteiger partial charge in [-0.25, -0.2) is 0 Å². The maximum Gasteiger partial charge on any atom is 0.261 e. The minimum atomic E-state index is -0.673. The summed E-state index contributed by atoms with van der Waals surface area (Å²) in [6.45, 7) is 6.29. The summed E-state index contributed by atoms with van der Waals surface area (Å²) in [6.07, 6.45) is 0.437. The molecule has 0 saturated heterocycles. The van der Waals surface area contributed by atoms with E-state index in [9.17, 15) is 9.59 Å². The van der Waals surface area contributed by atoms with Gasteiger partial charge in [0.15, 0.2) is 6.61 Å². The molecule has 31 heavy (non-hydrogen) atoms. The SMILES string of the molecule is CC[C@@H](C(=O)NCC(C)C)N(Cc1ccc(Cl)cc1Cl)C(=O)COc1ccccc1Cl. The molecule has 5 nitrogen and oxygen atoms in total. The fraction of sp³-hybridized carbons (Fsp3) is 0.391. The quantitative estimate of drug-likeness (QED) is 0.476. The van der Waals surface area contributed by atoms with Gasteiger partial charge in [0.1, 0.15) is 11.8 Å². The lowest BCUT2D eigenvalue weighted by Gasteiger charge is -2.31. The molecule has 0 unspecified atom stereocenters. The molecular weight excluding hydrogens is 459 g/mol. The number of rotatable bonds is 10. The Balaban J connectivity index is 2.25. The molecular formula is C23H27Cl3N2O3. The van der Waals surface area contributed by atoms with Gasteiger partial charge >= 0.3 is 0 Å². The molecule has 0 aliphatic heterocycles. The van der Waals surface area contributed by atoms with Gasteiger partial charge in [0, 0.05) is 23.1 Å². The molecule has 2 rings (SSSR count). The Hall–Kier alpha value is -1.95. The summed E-state index contributed by atoms with van der Waals surface area (Å²) in [5.74, 6) is 0.129. The highest BCUT2D eigenvalue weighted by atomic mass is 35.5. The Morgan fingerprint density at radius 1 is 1.06 bits per heavy atom. The molecule has 1 atom stereocenters. The van der Waals surface area contributed by atoms with E-state index in [2.05, 4.69) is 5.32 Å². The highest BCUT2D eigenvalue weighted by Crippen LogP contribution is 2.25. The first-order chi connectivity index (χ1) is 14.7.